The minimum Gasteiger partial charge on any atom is -0.356 e. The monoisotopic (exact) mass is 410 g/mol. The van der Waals surface area contributed by atoms with Gasteiger partial charge in [-0.3, -0.25) is 9.69 Å². The maximum Gasteiger partial charge on any atom is 0.251 e. The number of benzene rings is 1. The standard InChI is InChI=1S/C23H27ClN4O/c1-26(2)14-21-16-10-15(20-8-5-9-22(29)28(20)21)11-27(12-16)13-19-23(24)17-6-3-4-7-18(17)25-19/h3-9,15-16,21,25H,10-14H2,1-2H3/t15-,16+,21+/m1/s1. The molecule has 0 saturated carbocycles. The van der Waals surface area contributed by atoms with Crippen molar-refractivity contribution in [3.63, 3.8) is 0 Å². The summed E-state index contributed by atoms with van der Waals surface area (Å²) in [4.78, 5) is 20.9. The van der Waals surface area contributed by atoms with Crippen LogP contribution in [0.1, 0.15) is 29.8 Å². The third-order valence-corrected chi connectivity index (χ3v) is 6.95. The van der Waals surface area contributed by atoms with Crippen molar-refractivity contribution < 1.29 is 0 Å². The average Bonchev–Trinajstić information content (AvgIpc) is 3.01. The molecule has 1 N–H and O–H groups in total. The fourth-order valence-electron chi connectivity index (χ4n) is 5.37. The molecule has 0 amide bonds. The number of aromatic nitrogens is 2. The number of likely N-dealkylation sites (tertiary alicyclic amines) is 1. The Bertz CT molecular complexity index is 1100. The summed E-state index contributed by atoms with van der Waals surface area (Å²) in [5, 5.41) is 1.92. The highest BCUT2D eigenvalue weighted by molar-refractivity contribution is 6.36. The van der Waals surface area contributed by atoms with Gasteiger partial charge in [0, 0.05) is 60.5 Å². The molecule has 1 saturated heterocycles. The van der Waals surface area contributed by atoms with Crippen LogP contribution in [0.25, 0.3) is 10.9 Å². The van der Waals surface area contributed by atoms with Crippen LogP contribution in [-0.2, 0) is 6.54 Å². The topological polar surface area (TPSA) is 44.3 Å². The van der Waals surface area contributed by atoms with E-state index in [1.807, 2.05) is 18.2 Å². The number of halogens is 1. The first kappa shape index (κ1) is 18.9. The van der Waals surface area contributed by atoms with Gasteiger partial charge in [0.25, 0.3) is 5.56 Å². The summed E-state index contributed by atoms with van der Waals surface area (Å²) in [6.07, 6.45) is 1.15. The van der Waals surface area contributed by atoms with Gasteiger partial charge in [0.05, 0.1) is 11.1 Å². The Morgan fingerprint density at radius 2 is 1.97 bits per heavy atom. The van der Waals surface area contributed by atoms with Crippen LogP contribution in [0.15, 0.2) is 47.3 Å². The van der Waals surface area contributed by atoms with Crippen LogP contribution in [0.4, 0.5) is 0 Å². The molecule has 0 aliphatic carbocycles. The number of H-pyrrole nitrogens is 1. The van der Waals surface area contributed by atoms with E-state index in [9.17, 15) is 4.79 Å². The summed E-state index contributed by atoms with van der Waals surface area (Å²) < 4.78 is 2.08. The molecule has 2 aliphatic rings. The lowest BCUT2D eigenvalue weighted by atomic mass is 9.78. The van der Waals surface area contributed by atoms with Gasteiger partial charge in [-0.25, -0.2) is 0 Å². The Balaban J connectivity index is 1.47. The van der Waals surface area contributed by atoms with Crippen LogP contribution in [0.2, 0.25) is 5.02 Å². The van der Waals surface area contributed by atoms with Crippen molar-refractivity contribution in [1.82, 2.24) is 19.4 Å². The first-order valence-corrected chi connectivity index (χ1v) is 10.7. The molecular formula is C23H27ClN4O. The maximum absolute atomic E-state index is 12.7. The molecule has 0 radical (unpaired) electrons. The number of likely N-dealkylation sites (N-methyl/N-ethyl adjacent to an activating group) is 1. The summed E-state index contributed by atoms with van der Waals surface area (Å²) in [6.45, 7) is 3.64. The number of para-hydroxylation sites is 1. The molecule has 2 aliphatic heterocycles. The average molecular weight is 411 g/mol. The zero-order chi connectivity index (χ0) is 20.1. The molecule has 0 spiro atoms. The molecule has 3 aromatic rings. The molecule has 0 unspecified atom stereocenters. The van der Waals surface area contributed by atoms with Crippen LogP contribution in [-0.4, -0.2) is 53.1 Å². The Morgan fingerprint density at radius 3 is 2.76 bits per heavy atom. The molecule has 2 aromatic heterocycles. The van der Waals surface area contributed by atoms with Gasteiger partial charge in [0.1, 0.15) is 0 Å². The number of piperidine rings is 1. The van der Waals surface area contributed by atoms with E-state index in [1.165, 1.54) is 5.69 Å². The van der Waals surface area contributed by atoms with Gasteiger partial charge in [0.15, 0.2) is 0 Å². The van der Waals surface area contributed by atoms with Crippen LogP contribution in [0.3, 0.4) is 0 Å². The van der Waals surface area contributed by atoms with Crippen LogP contribution in [0.5, 0.6) is 0 Å². The smallest absolute Gasteiger partial charge is 0.251 e. The predicted octanol–water partition coefficient (Wildman–Crippen LogP) is 3.71. The lowest BCUT2D eigenvalue weighted by Gasteiger charge is -2.47. The lowest BCUT2D eigenvalue weighted by Crippen LogP contribution is -2.51. The first-order chi connectivity index (χ1) is 14.0. The second kappa shape index (κ2) is 7.31. The zero-order valence-electron chi connectivity index (χ0n) is 16.9. The van der Waals surface area contributed by atoms with E-state index in [2.05, 4.69) is 51.6 Å². The number of hydrogen-bond donors (Lipinski definition) is 1. The van der Waals surface area contributed by atoms with Crippen molar-refractivity contribution in [1.29, 1.82) is 0 Å². The quantitative estimate of drug-likeness (QED) is 0.713. The van der Waals surface area contributed by atoms with Gasteiger partial charge in [-0.1, -0.05) is 35.9 Å². The predicted molar refractivity (Wildman–Crippen MR) is 118 cm³/mol. The van der Waals surface area contributed by atoms with E-state index in [-0.39, 0.29) is 11.6 Å². The molecule has 6 heteroatoms. The fraction of sp³-hybridized carbons (Fsp3) is 0.435. The Morgan fingerprint density at radius 1 is 1.14 bits per heavy atom. The van der Waals surface area contributed by atoms with Crippen molar-refractivity contribution in [2.75, 3.05) is 33.7 Å². The number of nitrogens with zero attached hydrogens (tertiary/aromatic N) is 3. The number of aromatic amines is 1. The lowest BCUT2D eigenvalue weighted by molar-refractivity contribution is 0.0737. The van der Waals surface area contributed by atoms with Gasteiger partial charge >= 0.3 is 0 Å². The molecular weight excluding hydrogens is 384 g/mol. The molecule has 1 aromatic carbocycles. The Hall–Kier alpha value is -2.08. The van der Waals surface area contributed by atoms with Crippen molar-refractivity contribution in [2.45, 2.75) is 24.9 Å². The van der Waals surface area contributed by atoms with Gasteiger partial charge in [-0.2, -0.15) is 0 Å². The van der Waals surface area contributed by atoms with Crippen LogP contribution < -0.4 is 5.56 Å². The highest BCUT2D eigenvalue weighted by Crippen LogP contribution is 2.42. The fourth-order valence-corrected chi connectivity index (χ4v) is 5.64. The number of nitrogens with one attached hydrogen (secondary N) is 1. The van der Waals surface area contributed by atoms with Crippen LogP contribution >= 0.6 is 11.6 Å². The van der Waals surface area contributed by atoms with Gasteiger partial charge < -0.3 is 14.5 Å². The summed E-state index contributed by atoms with van der Waals surface area (Å²) in [5.74, 6) is 0.858. The van der Waals surface area contributed by atoms with Crippen molar-refractivity contribution in [3.05, 3.63) is 69.2 Å². The second-order valence-electron chi connectivity index (χ2n) is 8.84. The third kappa shape index (κ3) is 3.31. The van der Waals surface area contributed by atoms with Gasteiger partial charge in [-0.05, 0) is 38.6 Å². The number of hydrogen-bond acceptors (Lipinski definition) is 3. The molecule has 152 valence electrons. The number of rotatable bonds is 4. The number of pyridine rings is 1. The normalized spacial score (nSPS) is 24.2. The van der Waals surface area contributed by atoms with E-state index < -0.39 is 0 Å². The zero-order valence-corrected chi connectivity index (χ0v) is 17.7. The summed E-state index contributed by atoms with van der Waals surface area (Å²) in [7, 11) is 4.18. The van der Waals surface area contributed by atoms with Crippen molar-refractivity contribution >= 4 is 22.5 Å². The Kier molecular flexibility index (Phi) is 4.77. The molecule has 5 rings (SSSR count). The summed E-state index contributed by atoms with van der Waals surface area (Å²) in [6, 6.07) is 14.2. The third-order valence-electron chi connectivity index (χ3n) is 6.52. The van der Waals surface area contributed by atoms with Gasteiger partial charge in [-0.15, -0.1) is 0 Å². The molecule has 1 fully saturated rings. The van der Waals surface area contributed by atoms with E-state index in [1.54, 1.807) is 6.07 Å². The summed E-state index contributed by atoms with van der Waals surface area (Å²) >= 11 is 6.69. The second-order valence-corrected chi connectivity index (χ2v) is 9.22. The van der Waals surface area contributed by atoms with E-state index in [0.717, 1.165) is 54.2 Å². The first-order valence-electron chi connectivity index (χ1n) is 10.3. The van der Waals surface area contributed by atoms with Crippen molar-refractivity contribution in [3.8, 4) is 0 Å². The van der Waals surface area contributed by atoms with E-state index >= 15 is 0 Å². The SMILES string of the molecule is CN(C)C[C@H]1[C@H]2C[C@H](CN(Cc3[nH]c4ccccc4c3Cl)C2)c2cccc(=O)n21. The molecule has 4 heterocycles. The van der Waals surface area contributed by atoms with Crippen molar-refractivity contribution in [2.24, 2.45) is 5.92 Å². The highest BCUT2D eigenvalue weighted by Gasteiger charge is 2.40. The highest BCUT2D eigenvalue weighted by atomic mass is 35.5. The molecule has 3 atom stereocenters. The Labute approximate surface area is 175 Å². The molecule has 2 bridgehead atoms. The van der Waals surface area contributed by atoms with E-state index in [0.29, 0.717) is 11.8 Å². The largest absolute Gasteiger partial charge is 0.356 e. The minimum absolute atomic E-state index is 0.135. The minimum atomic E-state index is 0.135. The molecule has 29 heavy (non-hydrogen) atoms. The number of fused-ring (bicyclic) bond motifs is 5. The van der Waals surface area contributed by atoms with E-state index in [4.69, 9.17) is 11.6 Å². The van der Waals surface area contributed by atoms with Gasteiger partial charge in [0.2, 0.25) is 0 Å². The van der Waals surface area contributed by atoms with Crippen LogP contribution in [0, 0.1) is 5.92 Å². The summed E-state index contributed by atoms with van der Waals surface area (Å²) in [5.41, 5.74) is 3.50. The molecule has 5 nitrogen and oxygen atoms in total. The maximum atomic E-state index is 12.7.